The summed E-state index contributed by atoms with van der Waals surface area (Å²) in [5.41, 5.74) is 4.11. The zero-order chi connectivity index (χ0) is 22.9. The fourth-order valence-electron chi connectivity index (χ4n) is 3.86. The molecule has 0 N–H and O–H groups in total. The SMILES string of the molecule is Cc1ccc(-c2cc(C(=O)N(Cc3ccc(N(C)C)cc3)[C@@H]3CCS(=O)(=O)C3)no2)cc1. The molecule has 0 bridgehead atoms. The summed E-state index contributed by atoms with van der Waals surface area (Å²) in [4.78, 5) is 17.0. The molecule has 32 heavy (non-hydrogen) atoms. The molecular formula is C24H27N3O4S. The van der Waals surface area contributed by atoms with E-state index >= 15 is 0 Å². The molecule has 1 amide bonds. The zero-order valence-electron chi connectivity index (χ0n) is 18.5. The molecule has 2 heterocycles. The quantitative estimate of drug-likeness (QED) is 0.568. The third-order valence-corrected chi connectivity index (χ3v) is 7.53. The van der Waals surface area contributed by atoms with Gasteiger partial charge in [0, 0.05) is 44.0 Å². The topological polar surface area (TPSA) is 83.7 Å². The molecule has 0 saturated carbocycles. The van der Waals surface area contributed by atoms with Crippen molar-refractivity contribution < 1.29 is 17.7 Å². The smallest absolute Gasteiger partial charge is 0.276 e. The van der Waals surface area contributed by atoms with Gasteiger partial charge in [-0.1, -0.05) is 47.1 Å². The highest BCUT2D eigenvalue weighted by atomic mass is 32.2. The minimum Gasteiger partial charge on any atom is -0.378 e. The predicted molar refractivity (Wildman–Crippen MR) is 124 cm³/mol. The lowest BCUT2D eigenvalue weighted by Crippen LogP contribution is -2.40. The Balaban J connectivity index is 1.60. The summed E-state index contributed by atoms with van der Waals surface area (Å²) in [6, 6.07) is 16.9. The fraction of sp³-hybridized carbons (Fsp3) is 0.333. The monoisotopic (exact) mass is 453 g/mol. The van der Waals surface area contributed by atoms with Crippen LogP contribution in [0, 0.1) is 6.92 Å². The summed E-state index contributed by atoms with van der Waals surface area (Å²) in [7, 11) is 0.773. The molecule has 1 aromatic heterocycles. The van der Waals surface area contributed by atoms with Crippen LogP contribution < -0.4 is 4.90 Å². The van der Waals surface area contributed by atoms with Gasteiger partial charge in [0.15, 0.2) is 21.3 Å². The van der Waals surface area contributed by atoms with Crippen LogP contribution in [-0.4, -0.2) is 56.0 Å². The first kappa shape index (κ1) is 22.1. The van der Waals surface area contributed by atoms with Crippen molar-refractivity contribution in [1.82, 2.24) is 10.1 Å². The van der Waals surface area contributed by atoms with Crippen LogP contribution >= 0.6 is 0 Å². The molecule has 3 aromatic rings. The Morgan fingerprint density at radius 3 is 2.38 bits per heavy atom. The number of rotatable bonds is 6. The first-order chi connectivity index (χ1) is 15.2. The molecular weight excluding hydrogens is 426 g/mol. The number of hydrogen-bond acceptors (Lipinski definition) is 6. The molecule has 168 valence electrons. The van der Waals surface area contributed by atoms with Crippen LogP contribution in [0.15, 0.2) is 59.1 Å². The molecule has 0 unspecified atom stereocenters. The zero-order valence-corrected chi connectivity index (χ0v) is 19.3. The van der Waals surface area contributed by atoms with Crippen molar-refractivity contribution in [2.75, 3.05) is 30.5 Å². The van der Waals surface area contributed by atoms with E-state index in [-0.39, 0.29) is 29.1 Å². The number of aromatic nitrogens is 1. The van der Waals surface area contributed by atoms with Gasteiger partial charge in [-0.25, -0.2) is 8.42 Å². The van der Waals surface area contributed by atoms with Gasteiger partial charge in [-0.05, 0) is 31.0 Å². The molecule has 2 aromatic carbocycles. The third kappa shape index (κ3) is 4.85. The average molecular weight is 454 g/mol. The van der Waals surface area contributed by atoms with Crippen molar-refractivity contribution in [1.29, 1.82) is 0 Å². The van der Waals surface area contributed by atoms with E-state index in [1.165, 1.54) is 0 Å². The summed E-state index contributed by atoms with van der Waals surface area (Å²) >= 11 is 0. The first-order valence-electron chi connectivity index (χ1n) is 10.5. The van der Waals surface area contributed by atoms with Crippen LogP contribution in [0.2, 0.25) is 0 Å². The predicted octanol–water partition coefficient (Wildman–Crippen LogP) is 3.55. The van der Waals surface area contributed by atoms with Crippen molar-refractivity contribution >= 4 is 21.4 Å². The number of sulfone groups is 1. The van der Waals surface area contributed by atoms with E-state index in [2.05, 4.69) is 5.16 Å². The molecule has 1 aliphatic rings. The van der Waals surface area contributed by atoms with Crippen LogP contribution in [0.1, 0.15) is 28.0 Å². The molecule has 1 aliphatic heterocycles. The Morgan fingerprint density at radius 2 is 1.78 bits per heavy atom. The highest BCUT2D eigenvalue weighted by Crippen LogP contribution is 2.26. The lowest BCUT2D eigenvalue weighted by molar-refractivity contribution is 0.0670. The average Bonchev–Trinajstić information content (AvgIpc) is 3.39. The van der Waals surface area contributed by atoms with Gasteiger partial charge in [-0.2, -0.15) is 0 Å². The second kappa shape index (κ2) is 8.78. The summed E-state index contributed by atoms with van der Waals surface area (Å²) in [5, 5.41) is 4.00. The lowest BCUT2D eigenvalue weighted by atomic mass is 10.1. The lowest BCUT2D eigenvalue weighted by Gasteiger charge is -2.27. The van der Waals surface area contributed by atoms with Gasteiger partial charge in [0.25, 0.3) is 5.91 Å². The summed E-state index contributed by atoms with van der Waals surface area (Å²) < 4.78 is 29.7. The van der Waals surface area contributed by atoms with Gasteiger partial charge in [0.1, 0.15) is 0 Å². The summed E-state index contributed by atoms with van der Waals surface area (Å²) in [6.45, 7) is 2.30. The standard InChI is InChI=1S/C24H27N3O4S/c1-17-4-8-19(9-5-17)23-14-22(25-31-23)24(28)27(21-12-13-32(29,30)16-21)15-18-6-10-20(11-7-18)26(2)3/h4-11,14,21H,12-13,15-16H2,1-3H3/t21-/m1/s1. The molecule has 0 aliphatic carbocycles. The van der Waals surface area contributed by atoms with Crippen LogP contribution in [0.25, 0.3) is 11.3 Å². The van der Waals surface area contributed by atoms with E-state index in [0.717, 1.165) is 22.4 Å². The number of aryl methyl sites for hydroxylation is 1. The fourth-order valence-corrected chi connectivity index (χ4v) is 5.59. The molecule has 7 nitrogen and oxygen atoms in total. The van der Waals surface area contributed by atoms with Crippen LogP contribution in [0.4, 0.5) is 5.69 Å². The molecule has 4 rings (SSSR count). The molecule has 0 radical (unpaired) electrons. The largest absolute Gasteiger partial charge is 0.378 e. The van der Waals surface area contributed by atoms with Crippen molar-refractivity contribution in [3.8, 4) is 11.3 Å². The summed E-state index contributed by atoms with van der Waals surface area (Å²) in [6.07, 6.45) is 0.423. The van der Waals surface area contributed by atoms with Crippen LogP contribution in [0.5, 0.6) is 0 Å². The Morgan fingerprint density at radius 1 is 1.09 bits per heavy atom. The van der Waals surface area contributed by atoms with Gasteiger partial charge >= 0.3 is 0 Å². The normalized spacial score (nSPS) is 17.3. The third-order valence-electron chi connectivity index (χ3n) is 5.78. The Labute approximate surface area is 188 Å². The highest BCUT2D eigenvalue weighted by molar-refractivity contribution is 7.91. The second-order valence-corrected chi connectivity index (χ2v) is 10.7. The first-order valence-corrected chi connectivity index (χ1v) is 12.4. The molecule has 1 saturated heterocycles. The van der Waals surface area contributed by atoms with Crippen molar-refractivity contribution in [2.24, 2.45) is 0 Å². The number of carbonyl (C=O) groups excluding carboxylic acids is 1. The number of nitrogens with zero attached hydrogens (tertiary/aromatic N) is 3. The number of benzene rings is 2. The maximum atomic E-state index is 13.4. The number of carbonyl (C=O) groups is 1. The maximum Gasteiger partial charge on any atom is 0.276 e. The van der Waals surface area contributed by atoms with Crippen molar-refractivity contribution in [3.05, 3.63) is 71.4 Å². The van der Waals surface area contributed by atoms with Gasteiger partial charge in [-0.15, -0.1) is 0 Å². The number of hydrogen-bond donors (Lipinski definition) is 0. The molecule has 8 heteroatoms. The number of amides is 1. The van der Waals surface area contributed by atoms with Crippen molar-refractivity contribution in [2.45, 2.75) is 25.9 Å². The minimum atomic E-state index is -3.15. The van der Waals surface area contributed by atoms with Gasteiger partial charge in [-0.3, -0.25) is 4.79 Å². The molecule has 1 fully saturated rings. The Kier molecular flexibility index (Phi) is 6.06. The second-order valence-electron chi connectivity index (χ2n) is 8.49. The van der Waals surface area contributed by atoms with Gasteiger partial charge < -0.3 is 14.3 Å². The van der Waals surface area contributed by atoms with E-state index < -0.39 is 9.84 Å². The van der Waals surface area contributed by atoms with E-state index in [9.17, 15) is 13.2 Å². The van der Waals surface area contributed by atoms with Crippen molar-refractivity contribution in [3.63, 3.8) is 0 Å². The van der Waals surface area contributed by atoms with Crippen LogP contribution in [0.3, 0.4) is 0 Å². The minimum absolute atomic E-state index is 0.0306. The van der Waals surface area contributed by atoms with Gasteiger partial charge in [0.2, 0.25) is 0 Å². The highest BCUT2D eigenvalue weighted by Gasteiger charge is 2.36. The maximum absolute atomic E-state index is 13.4. The van der Waals surface area contributed by atoms with Crippen LogP contribution in [-0.2, 0) is 16.4 Å². The Hall–Kier alpha value is -3.13. The summed E-state index contributed by atoms with van der Waals surface area (Å²) in [5.74, 6) is 0.236. The number of anilines is 1. The molecule has 0 spiro atoms. The molecule has 1 atom stereocenters. The van der Waals surface area contributed by atoms with E-state index in [1.807, 2.05) is 74.4 Å². The van der Waals surface area contributed by atoms with Gasteiger partial charge in [0.05, 0.1) is 11.5 Å². The van der Waals surface area contributed by atoms with E-state index in [1.54, 1.807) is 11.0 Å². The van der Waals surface area contributed by atoms with E-state index in [4.69, 9.17) is 4.52 Å². The van der Waals surface area contributed by atoms with E-state index in [0.29, 0.717) is 18.7 Å². The Bertz CT molecular complexity index is 1200.